The summed E-state index contributed by atoms with van der Waals surface area (Å²) >= 11 is 0. The normalized spacial score (nSPS) is 17.4. The summed E-state index contributed by atoms with van der Waals surface area (Å²) in [6.45, 7) is 2.37. The van der Waals surface area contributed by atoms with E-state index in [1.165, 1.54) is 5.56 Å². The van der Waals surface area contributed by atoms with Crippen LogP contribution in [0.3, 0.4) is 0 Å². The Morgan fingerprint density at radius 1 is 1.32 bits per heavy atom. The molecule has 1 fully saturated rings. The minimum atomic E-state index is 0.278. The standard InChI is InChI=1S/C16H21N5O/c1-21(12-13-6-3-2-4-7-13)16-19-15(11-18-20-16)17-10-14-8-5-9-22-14/h2-4,6-7,11,14H,5,8-10,12H2,1H3,(H,17,19,20). The highest BCUT2D eigenvalue weighted by atomic mass is 16.5. The van der Waals surface area contributed by atoms with E-state index < -0.39 is 0 Å². The maximum Gasteiger partial charge on any atom is 0.247 e. The zero-order valence-corrected chi connectivity index (χ0v) is 12.8. The molecule has 1 unspecified atom stereocenters. The molecule has 0 radical (unpaired) electrons. The maximum atomic E-state index is 5.59. The van der Waals surface area contributed by atoms with E-state index in [1.54, 1.807) is 6.20 Å². The van der Waals surface area contributed by atoms with Gasteiger partial charge >= 0.3 is 0 Å². The third-order valence-electron chi connectivity index (χ3n) is 3.69. The molecule has 1 N–H and O–H groups in total. The van der Waals surface area contributed by atoms with E-state index in [2.05, 4.69) is 32.6 Å². The Balaban J connectivity index is 1.60. The van der Waals surface area contributed by atoms with Gasteiger partial charge in [0, 0.05) is 26.7 Å². The van der Waals surface area contributed by atoms with Crippen molar-refractivity contribution in [3.8, 4) is 0 Å². The summed E-state index contributed by atoms with van der Waals surface area (Å²) in [5.41, 5.74) is 1.21. The van der Waals surface area contributed by atoms with Gasteiger partial charge in [0.2, 0.25) is 5.95 Å². The molecule has 6 heteroatoms. The lowest BCUT2D eigenvalue weighted by atomic mass is 10.2. The van der Waals surface area contributed by atoms with Crippen LogP contribution in [-0.2, 0) is 11.3 Å². The topological polar surface area (TPSA) is 63.2 Å². The van der Waals surface area contributed by atoms with Crippen LogP contribution in [0.5, 0.6) is 0 Å². The summed E-state index contributed by atoms with van der Waals surface area (Å²) < 4.78 is 5.59. The predicted octanol–water partition coefficient (Wildman–Crippen LogP) is 2.10. The van der Waals surface area contributed by atoms with Gasteiger partial charge in [-0.05, 0) is 18.4 Å². The second kappa shape index (κ2) is 7.17. The molecule has 2 aromatic rings. The molecule has 6 nitrogen and oxygen atoms in total. The Labute approximate surface area is 130 Å². The number of nitrogens with zero attached hydrogens (tertiary/aromatic N) is 4. The number of hydrogen-bond acceptors (Lipinski definition) is 6. The molecule has 2 heterocycles. The van der Waals surface area contributed by atoms with Crippen molar-refractivity contribution in [1.82, 2.24) is 15.2 Å². The average Bonchev–Trinajstić information content (AvgIpc) is 3.08. The molecule has 116 valence electrons. The largest absolute Gasteiger partial charge is 0.376 e. The SMILES string of the molecule is CN(Cc1ccccc1)c1nncc(NCC2CCCO2)n1. The fourth-order valence-electron chi connectivity index (χ4n) is 2.49. The van der Waals surface area contributed by atoms with Gasteiger partial charge in [-0.2, -0.15) is 10.1 Å². The molecule has 1 aromatic carbocycles. The molecule has 1 aliphatic rings. The van der Waals surface area contributed by atoms with E-state index >= 15 is 0 Å². The second-order valence-electron chi connectivity index (χ2n) is 5.50. The molecule has 0 amide bonds. The first-order valence-electron chi connectivity index (χ1n) is 7.61. The fourth-order valence-corrected chi connectivity index (χ4v) is 2.49. The molecule has 1 saturated heterocycles. The van der Waals surface area contributed by atoms with Crippen molar-refractivity contribution >= 4 is 11.8 Å². The lowest BCUT2D eigenvalue weighted by Crippen LogP contribution is -2.22. The fraction of sp³-hybridized carbons (Fsp3) is 0.438. The summed E-state index contributed by atoms with van der Waals surface area (Å²) in [6, 6.07) is 10.2. The van der Waals surface area contributed by atoms with Crippen LogP contribution in [0.2, 0.25) is 0 Å². The first-order valence-corrected chi connectivity index (χ1v) is 7.61. The van der Waals surface area contributed by atoms with Crippen molar-refractivity contribution in [2.24, 2.45) is 0 Å². The van der Waals surface area contributed by atoms with Crippen LogP contribution >= 0.6 is 0 Å². The summed E-state index contributed by atoms with van der Waals surface area (Å²) in [4.78, 5) is 6.50. The van der Waals surface area contributed by atoms with Crippen LogP contribution in [0.25, 0.3) is 0 Å². The zero-order chi connectivity index (χ0) is 15.2. The highest BCUT2D eigenvalue weighted by molar-refractivity contribution is 5.39. The Bertz CT molecular complexity index is 586. The number of hydrogen-bond donors (Lipinski definition) is 1. The van der Waals surface area contributed by atoms with Gasteiger partial charge in [0.25, 0.3) is 0 Å². The number of aromatic nitrogens is 3. The quantitative estimate of drug-likeness (QED) is 0.881. The first kappa shape index (κ1) is 14.7. The van der Waals surface area contributed by atoms with Gasteiger partial charge < -0.3 is 15.0 Å². The van der Waals surface area contributed by atoms with Crippen LogP contribution in [-0.4, -0.2) is 41.5 Å². The van der Waals surface area contributed by atoms with Crippen LogP contribution < -0.4 is 10.2 Å². The third-order valence-corrected chi connectivity index (χ3v) is 3.69. The minimum absolute atomic E-state index is 0.278. The number of benzene rings is 1. The van der Waals surface area contributed by atoms with Gasteiger partial charge in [0.05, 0.1) is 12.3 Å². The van der Waals surface area contributed by atoms with Gasteiger partial charge in [-0.3, -0.25) is 0 Å². The molecule has 1 aliphatic heterocycles. The van der Waals surface area contributed by atoms with E-state index in [1.807, 2.05) is 30.1 Å². The van der Waals surface area contributed by atoms with Gasteiger partial charge in [-0.15, -0.1) is 5.10 Å². The number of rotatable bonds is 6. The lowest BCUT2D eigenvalue weighted by molar-refractivity contribution is 0.120. The second-order valence-corrected chi connectivity index (χ2v) is 5.50. The Kier molecular flexibility index (Phi) is 4.80. The van der Waals surface area contributed by atoms with Crippen molar-refractivity contribution in [1.29, 1.82) is 0 Å². The monoisotopic (exact) mass is 299 g/mol. The summed E-state index contributed by atoms with van der Waals surface area (Å²) in [5, 5.41) is 11.4. The molecule has 0 saturated carbocycles. The zero-order valence-electron chi connectivity index (χ0n) is 12.8. The van der Waals surface area contributed by atoms with Crippen molar-refractivity contribution in [2.75, 3.05) is 30.4 Å². The highest BCUT2D eigenvalue weighted by Gasteiger charge is 2.15. The van der Waals surface area contributed by atoms with Gasteiger partial charge in [0.15, 0.2) is 5.82 Å². The van der Waals surface area contributed by atoms with E-state index in [0.29, 0.717) is 5.95 Å². The predicted molar refractivity (Wildman–Crippen MR) is 85.8 cm³/mol. The molecule has 0 bridgehead atoms. The number of nitrogens with one attached hydrogen (secondary N) is 1. The lowest BCUT2D eigenvalue weighted by Gasteiger charge is -2.17. The summed E-state index contributed by atoms with van der Waals surface area (Å²) in [5.74, 6) is 1.35. The Morgan fingerprint density at radius 2 is 2.18 bits per heavy atom. The van der Waals surface area contributed by atoms with Crippen LogP contribution in [0.4, 0.5) is 11.8 Å². The van der Waals surface area contributed by atoms with E-state index in [0.717, 1.165) is 38.4 Å². The Morgan fingerprint density at radius 3 is 2.95 bits per heavy atom. The molecule has 1 aromatic heterocycles. The van der Waals surface area contributed by atoms with Crippen molar-refractivity contribution in [2.45, 2.75) is 25.5 Å². The average molecular weight is 299 g/mol. The van der Waals surface area contributed by atoms with Gasteiger partial charge in [-0.25, -0.2) is 0 Å². The maximum absolute atomic E-state index is 5.59. The van der Waals surface area contributed by atoms with Crippen LogP contribution in [0.1, 0.15) is 18.4 Å². The van der Waals surface area contributed by atoms with Crippen molar-refractivity contribution in [3.63, 3.8) is 0 Å². The summed E-state index contributed by atoms with van der Waals surface area (Å²) in [7, 11) is 1.97. The molecule has 3 rings (SSSR count). The minimum Gasteiger partial charge on any atom is -0.376 e. The molecule has 22 heavy (non-hydrogen) atoms. The molecule has 0 spiro atoms. The Hall–Kier alpha value is -2.21. The number of ether oxygens (including phenoxy) is 1. The van der Waals surface area contributed by atoms with Crippen LogP contribution in [0, 0.1) is 0 Å². The van der Waals surface area contributed by atoms with Crippen LogP contribution in [0.15, 0.2) is 36.5 Å². The van der Waals surface area contributed by atoms with E-state index in [4.69, 9.17) is 4.74 Å². The van der Waals surface area contributed by atoms with Gasteiger partial charge in [0.1, 0.15) is 0 Å². The van der Waals surface area contributed by atoms with Gasteiger partial charge in [-0.1, -0.05) is 30.3 Å². The van der Waals surface area contributed by atoms with Crippen molar-refractivity contribution < 1.29 is 4.74 Å². The van der Waals surface area contributed by atoms with E-state index in [9.17, 15) is 0 Å². The third kappa shape index (κ3) is 3.92. The molecular formula is C16H21N5O. The smallest absolute Gasteiger partial charge is 0.247 e. The molecule has 0 aliphatic carbocycles. The van der Waals surface area contributed by atoms with Crippen molar-refractivity contribution in [3.05, 3.63) is 42.1 Å². The summed E-state index contributed by atoms with van der Waals surface area (Å²) in [6.07, 6.45) is 4.17. The number of anilines is 2. The highest BCUT2D eigenvalue weighted by Crippen LogP contribution is 2.14. The first-order chi connectivity index (χ1) is 10.8. The van der Waals surface area contributed by atoms with E-state index in [-0.39, 0.29) is 6.10 Å². The molecule has 1 atom stereocenters. The molecular weight excluding hydrogens is 278 g/mol.